The van der Waals surface area contributed by atoms with E-state index in [1.54, 1.807) is 36.4 Å². The van der Waals surface area contributed by atoms with Crippen molar-refractivity contribution >= 4 is 33.1 Å². The monoisotopic (exact) mass is 469 g/mol. The Bertz CT molecular complexity index is 1270. The topological polar surface area (TPSA) is 89.9 Å². The summed E-state index contributed by atoms with van der Waals surface area (Å²) in [6.45, 7) is 3.96. The van der Waals surface area contributed by atoms with Gasteiger partial charge < -0.3 is 14.9 Å². The van der Waals surface area contributed by atoms with Gasteiger partial charge in [-0.3, -0.25) is 4.72 Å². The van der Waals surface area contributed by atoms with Crippen LogP contribution in [0.2, 0.25) is 0 Å². The molecule has 0 atom stereocenters. The van der Waals surface area contributed by atoms with Gasteiger partial charge in [-0.2, -0.15) is 0 Å². The molecule has 4 rings (SSSR count). The van der Waals surface area contributed by atoms with Crippen LogP contribution in [-0.2, 0) is 10.0 Å². The predicted octanol–water partition coefficient (Wildman–Crippen LogP) is 3.96. The highest BCUT2D eigenvalue weighted by Gasteiger charge is 2.24. The van der Waals surface area contributed by atoms with Crippen molar-refractivity contribution in [1.29, 1.82) is 0 Å². The maximum atomic E-state index is 14.2. The van der Waals surface area contributed by atoms with E-state index in [-0.39, 0.29) is 22.0 Å². The van der Waals surface area contributed by atoms with E-state index >= 15 is 0 Å². The smallest absolute Gasteiger partial charge is 0.335 e. The van der Waals surface area contributed by atoms with Crippen LogP contribution in [-0.4, -0.2) is 45.7 Å². The van der Waals surface area contributed by atoms with Crippen LogP contribution in [0.5, 0.6) is 0 Å². The molecule has 7 nitrogen and oxygen atoms in total. The fourth-order valence-electron chi connectivity index (χ4n) is 3.84. The lowest BCUT2D eigenvalue weighted by molar-refractivity contribution is 0.0697. The lowest BCUT2D eigenvalue weighted by Gasteiger charge is -2.38. The van der Waals surface area contributed by atoms with E-state index in [0.29, 0.717) is 37.6 Å². The first kappa shape index (κ1) is 22.6. The van der Waals surface area contributed by atoms with Crippen molar-refractivity contribution in [1.82, 2.24) is 0 Å². The number of halogens is 1. The van der Waals surface area contributed by atoms with Gasteiger partial charge in [0, 0.05) is 26.2 Å². The maximum absolute atomic E-state index is 14.2. The minimum Gasteiger partial charge on any atom is -0.478 e. The van der Waals surface area contributed by atoms with Crippen molar-refractivity contribution in [3.05, 3.63) is 83.7 Å². The zero-order valence-corrected chi connectivity index (χ0v) is 18.8. The number of aryl methyl sites for hydroxylation is 1. The highest BCUT2D eigenvalue weighted by atomic mass is 32.2. The number of nitrogens with one attached hydrogen (secondary N) is 1. The third-order valence-corrected chi connectivity index (χ3v) is 7.01. The number of carbonyl (C=O) groups is 1. The molecule has 2 N–H and O–H groups in total. The number of rotatable bonds is 6. The van der Waals surface area contributed by atoms with E-state index in [9.17, 15) is 22.7 Å². The average Bonchev–Trinajstić information content (AvgIpc) is 2.79. The normalized spacial score (nSPS) is 14.2. The number of para-hydroxylation sites is 1. The van der Waals surface area contributed by atoms with E-state index in [2.05, 4.69) is 4.72 Å². The van der Waals surface area contributed by atoms with E-state index < -0.39 is 16.0 Å². The Morgan fingerprint density at radius 3 is 2.12 bits per heavy atom. The Hall–Kier alpha value is -3.59. The van der Waals surface area contributed by atoms with Gasteiger partial charge in [0.05, 0.1) is 27.5 Å². The quantitative estimate of drug-likeness (QED) is 0.568. The molecule has 3 aromatic rings. The van der Waals surface area contributed by atoms with Crippen LogP contribution >= 0.6 is 0 Å². The summed E-state index contributed by atoms with van der Waals surface area (Å²) in [5.74, 6) is -1.44. The lowest BCUT2D eigenvalue weighted by Crippen LogP contribution is -2.47. The summed E-state index contributed by atoms with van der Waals surface area (Å²) >= 11 is 0. The Morgan fingerprint density at radius 1 is 0.909 bits per heavy atom. The maximum Gasteiger partial charge on any atom is 0.335 e. The summed E-state index contributed by atoms with van der Waals surface area (Å²) in [6, 6.07) is 17.4. The molecule has 1 aliphatic rings. The molecule has 1 saturated heterocycles. The molecule has 0 aromatic heterocycles. The molecule has 0 amide bonds. The number of anilines is 3. The number of benzene rings is 3. The summed E-state index contributed by atoms with van der Waals surface area (Å²) in [5.41, 5.74) is 2.19. The van der Waals surface area contributed by atoms with Crippen LogP contribution in [0.3, 0.4) is 0 Å². The molecule has 0 aliphatic carbocycles. The molecule has 0 radical (unpaired) electrons. The molecule has 1 aliphatic heterocycles. The summed E-state index contributed by atoms with van der Waals surface area (Å²) in [4.78, 5) is 15.5. The zero-order valence-electron chi connectivity index (χ0n) is 18.0. The molecule has 1 heterocycles. The third-order valence-electron chi connectivity index (χ3n) is 5.63. The molecule has 33 heavy (non-hydrogen) atoms. The minimum atomic E-state index is -3.92. The second-order valence-electron chi connectivity index (χ2n) is 7.88. The third kappa shape index (κ3) is 4.93. The van der Waals surface area contributed by atoms with Gasteiger partial charge in [-0.1, -0.05) is 29.8 Å². The molecule has 0 saturated carbocycles. The van der Waals surface area contributed by atoms with Crippen LogP contribution in [0.4, 0.5) is 21.5 Å². The van der Waals surface area contributed by atoms with Crippen LogP contribution in [0, 0.1) is 12.7 Å². The molecular weight excluding hydrogens is 445 g/mol. The summed E-state index contributed by atoms with van der Waals surface area (Å²) in [5, 5.41) is 9.41. The number of hydrogen-bond donors (Lipinski definition) is 2. The highest BCUT2D eigenvalue weighted by Crippen LogP contribution is 2.31. The van der Waals surface area contributed by atoms with Crippen molar-refractivity contribution in [2.24, 2.45) is 0 Å². The summed E-state index contributed by atoms with van der Waals surface area (Å²) in [6.07, 6.45) is 0. The first-order chi connectivity index (χ1) is 15.7. The molecule has 9 heteroatoms. The Kier molecular flexibility index (Phi) is 6.24. The van der Waals surface area contributed by atoms with E-state index in [4.69, 9.17) is 0 Å². The van der Waals surface area contributed by atoms with Gasteiger partial charge in [0.25, 0.3) is 10.0 Å². The predicted molar refractivity (Wildman–Crippen MR) is 126 cm³/mol. The van der Waals surface area contributed by atoms with Crippen LogP contribution in [0.15, 0.2) is 71.6 Å². The SMILES string of the molecule is Cc1ccc(S(=O)(=O)Nc2cc(C(=O)O)ccc2N2CCN(c3ccccc3F)CC2)cc1. The fraction of sp³-hybridized carbons (Fsp3) is 0.208. The van der Waals surface area contributed by atoms with Crippen molar-refractivity contribution < 1.29 is 22.7 Å². The van der Waals surface area contributed by atoms with Crippen LogP contribution < -0.4 is 14.5 Å². The van der Waals surface area contributed by atoms with Crippen molar-refractivity contribution in [3.8, 4) is 0 Å². The number of carboxylic acids is 1. The van der Waals surface area contributed by atoms with E-state index in [1.165, 1.54) is 30.3 Å². The van der Waals surface area contributed by atoms with Gasteiger partial charge in [0.1, 0.15) is 5.82 Å². The second-order valence-corrected chi connectivity index (χ2v) is 9.56. The van der Waals surface area contributed by atoms with Gasteiger partial charge in [-0.25, -0.2) is 17.6 Å². The minimum absolute atomic E-state index is 0.0228. The van der Waals surface area contributed by atoms with Crippen molar-refractivity contribution in [2.45, 2.75) is 11.8 Å². The standard InChI is InChI=1S/C24H24FN3O4S/c1-17-6-9-19(10-7-17)33(31,32)26-21-16-18(24(29)30)8-11-23(21)28-14-12-27(13-15-28)22-5-3-2-4-20(22)25/h2-11,16,26H,12-15H2,1H3,(H,29,30). The van der Waals surface area contributed by atoms with Gasteiger partial charge >= 0.3 is 5.97 Å². The van der Waals surface area contributed by atoms with Crippen LogP contribution in [0.25, 0.3) is 0 Å². The summed E-state index contributed by atoms with van der Waals surface area (Å²) in [7, 11) is -3.92. The molecule has 0 spiro atoms. The number of carboxylic acid groups (broad SMARTS) is 1. The van der Waals surface area contributed by atoms with Gasteiger partial charge in [0.15, 0.2) is 0 Å². The van der Waals surface area contributed by atoms with E-state index in [1.807, 2.05) is 16.7 Å². The zero-order chi connectivity index (χ0) is 23.6. The molecular formula is C24H24FN3O4S. The number of sulfonamides is 1. The first-order valence-corrected chi connectivity index (χ1v) is 11.9. The van der Waals surface area contributed by atoms with Gasteiger partial charge in [-0.05, 0) is 49.4 Å². The second kappa shape index (κ2) is 9.11. The molecule has 0 unspecified atom stereocenters. The van der Waals surface area contributed by atoms with Crippen LogP contribution in [0.1, 0.15) is 15.9 Å². The fourth-order valence-corrected chi connectivity index (χ4v) is 4.91. The Labute approximate surface area is 192 Å². The Balaban J connectivity index is 1.60. The number of piperazine rings is 1. The van der Waals surface area contributed by atoms with Crippen molar-refractivity contribution in [2.75, 3.05) is 40.7 Å². The van der Waals surface area contributed by atoms with Crippen molar-refractivity contribution in [3.63, 3.8) is 0 Å². The van der Waals surface area contributed by atoms with E-state index in [0.717, 1.165) is 5.56 Å². The molecule has 1 fully saturated rings. The highest BCUT2D eigenvalue weighted by molar-refractivity contribution is 7.92. The number of aromatic carboxylic acids is 1. The number of hydrogen-bond acceptors (Lipinski definition) is 5. The summed E-state index contributed by atoms with van der Waals surface area (Å²) < 4.78 is 42.7. The van der Waals surface area contributed by atoms with Gasteiger partial charge in [0.2, 0.25) is 0 Å². The largest absolute Gasteiger partial charge is 0.478 e. The first-order valence-electron chi connectivity index (χ1n) is 10.5. The number of nitrogens with zero attached hydrogens (tertiary/aromatic N) is 2. The molecule has 0 bridgehead atoms. The average molecular weight is 470 g/mol. The Morgan fingerprint density at radius 2 is 1.52 bits per heavy atom. The van der Waals surface area contributed by atoms with Gasteiger partial charge in [-0.15, -0.1) is 0 Å². The molecule has 3 aromatic carbocycles. The molecule has 172 valence electrons. The lowest BCUT2D eigenvalue weighted by atomic mass is 10.1.